The van der Waals surface area contributed by atoms with Gasteiger partial charge >= 0.3 is 5.97 Å². The standard InChI is InChI=1S/C14H26N2O6S/c1-4-11(5-2)14(19)15-6-7-22-12(8-15)9-16(10-13(17)18)23(3,20)21/h11-12H,4-10H2,1-3H3,(H,17,18). The molecule has 23 heavy (non-hydrogen) atoms. The number of carbonyl (C=O) groups is 2. The van der Waals surface area contributed by atoms with Crippen LogP contribution in [-0.2, 0) is 24.3 Å². The van der Waals surface area contributed by atoms with Crippen LogP contribution in [0.5, 0.6) is 0 Å². The van der Waals surface area contributed by atoms with Crippen LogP contribution >= 0.6 is 0 Å². The van der Waals surface area contributed by atoms with E-state index >= 15 is 0 Å². The number of amides is 1. The first-order valence-electron chi connectivity index (χ1n) is 7.76. The van der Waals surface area contributed by atoms with Crippen LogP contribution in [0, 0.1) is 5.92 Å². The van der Waals surface area contributed by atoms with Gasteiger partial charge in [-0.05, 0) is 12.8 Å². The maximum absolute atomic E-state index is 12.4. The quantitative estimate of drug-likeness (QED) is 0.660. The Balaban J connectivity index is 2.73. The Morgan fingerprint density at radius 3 is 2.43 bits per heavy atom. The van der Waals surface area contributed by atoms with Gasteiger partial charge in [0.25, 0.3) is 0 Å². The van der Waals surface area contributed by atoms with Crippen LogP contribution in [0.25, 0.3) is 0 Å². The molecule has 134 valence electrons. The average molecular weight is 350 g/mol. The lowest BCUT2D eigenvalue weighted by Crippen LogP contribution is -2.52. The first-order valence-corrected chi connectivity index (χ1v) is 9.61. The molecule has 1 atom stereocenters. The molecule has 9 heteroatoms. The topological polar surface area (TPSA) is 104 Å². The van der Waals surface area contributed by atoms with Crippen molar-refractivity contribution in [1.82, 2.24) is 9.21 Å². The summed E-state index contributed by atoms with van der Waals surface area (Å²) in [5.41, 5.74) is 0. The van der Waals surface area contributed by atoms with Gasteiger partial charge < -0.3 is 14.7 Å². The minimum absolute atomic E-state index is 0.0428. The summed E-state index contributed by atoms with van der Waals surface area (Å²) in [6.45, 7) is 4.31. The Kier molecular flexibility index (Phi) is 7.43. The maximum Gasteiger partial charge on any atom is 0.318 e. The Hall–Kier alpha value is -1.19. The Bertz CT molecular complexity index is 517. The SMILES string of the molecule is CCC(CC)C(=O)N1CCOC(CN(CC(=O)O)S(C)(=O)=O)C1. The lowest BCUT2D eigenvalue weighted by molar-refractivity contribution is -0.144. The lowest BCUT2D eigenvalue weighted by Gasteiger charge is -2.36. The molecule has 1 saturated heterocycles. The highest BCUT2D eigenvalue weighted by Gasteiger charge is 2.31. The third kappa shape index (κ3) is 6.08. The number of morpholine rings is 1. The molecule has 0 aromatic rings. The number of nitrogens with zero attached hydrogens (tertiary/aromatic N) is 2. The highest BCUT2D eigenvalue weighted by molar-refractivity contribution is 7.88. The van der Waals surface area contributed by atoms with Crippen molar-refractivity contribution in [2.75, 3.05) is 39.0 Å². The highest BCUT2D eigenvalue weighted by Crippen LogP contribution is 2.16. The molecular formula is C14H26N2O6S. The maximum atomic E-state index is 12.4. The summed E-state index contributed by atoms with van der Waals surface area (Å²) in [7, 11) is -3.65. The van der Waals surface area contributed by atoms with E-state index in [0.717, 1.165) is 23.4 Å². The number of ether oxygens (including phenoxy) is 1. The van der Waals surface area contributed by atoms with Crippen molar-refractivity contribution >= 4 is 21.9 Å². The molecule has 0 aliphatic carbocycles. The van der Waals surface area contributed by atoms with E-state index in [0.29, 0.717) is 13.2 Å². The third-order valence-electron chi connectivity index (χ3n) is 3.97. The van der Waals surface area contributed by atoms with Crippen LogP contribution in [0.3, 0.4) is 0 Å². The zero-order chi connectivity index (χ0) is 17.6. The van der Waals surface area contributed by atoms with E-state index in [9.17, 15) is 18.0 Å². The van der Waals surface area contributed by atoms with Gasteiger partial charge in [0.05, 0.1) is 19.0 Å². The lowest BCUT2D eigenvalue weighted by atomic mass is 10.0. The van der Waals surface area contributed by atoms with Crippen LogP contribution in [0.2, 0.25) is 0 Å². The normalized spacial score (nSPS) is 19.3. The van der Waals surface area contributed by atoms with Gasteiger partial charge in [0.2, 0.25) is 15.9 Å². The van der Waals surface area contributed by atoms with Crippen molar-refractivity contribution in [3.63, 3.8) is 0 Å². The van der Waals surface area contributed by atoms with Crippen LogP contribution < -0.4 is 0 Å². The number of aliphatic carboxylic acids is 1. The van der Waals surface area contributed by atoms with Crippen LogP contribution in [0.1, 0.15) is 26.7 Å². The van der Waals surface area contributed by atoms with E-state index < -0.39 is 28.6 Å². The van der Waals surface area contributed by atoms with E-state index in [1.54, 1.807) is 4.90 Å². The van der Waals surface area contributed by atoms with Gasteiger partial charge in [-0.25, -0.2) is 8.42 Å². The Morgan fingerprint density at radius 1 is 1.35 bits per heavy atom. The number of sulfonamides is 1. The second-order valence-electron chi connectivity index (χ2n) is 5.74. The van der Waals surface area contributed by atoms with Gasteiger partial charge in [-0.15, -0.1) is 0 Å². The molecule has 1 heterocycles. The Morgan fingerprint density at radius 2 is 1.96 bits per heavy atom. The summed E-state index contributed by atoms with van der Waals surface area (Å²) >= 11 is 0. The second kappa shape index (κ2) is 8.60. The predicted molar refractivity (Wildman–Crippen MR) is 84.4 cm³/mol. The summed E-state index contributed by atoms with van der Waals surface area (Å²) in [6.07, 6.45) is 1.96. The summed E-state index contributed by atoms with van der Waals surface area (Å²) in [5.74, 6) is -1.22. The third-order valence-corrected chi connectivity index (χ3v) is 5.19. The number of carboxylic acid groups (broad SMARTS) is 1. The van der Waals surface area contributed by atoms with Gasteiger partial charge in [0, 0.05) is 25.6 Å². The number of hydrogen-bond donors (Lipinski definition) is 1. The smallest absolute Gasteiger partial charge is 0.318 e. The number of rotatable bonds is 8. The highest BCUT2D eigenvalue weighted by atomic mass is 32.2. The zero-order valence-electron chi connectivity index (χ0n) is 13.9. The fourth-order valence-corrected chi connectivity index (χ4v) is 3.40. The van der Waals surface area contributed by atoms with Crippen molar-refractivity contribution in [1.29, 1.82) is 0 Å². The minimum atomic E-state index is -3.65. The van der Waals surface area contributed by atoms with Crippen LogP contribution in [-0.4, -0.2) is 79.8 Å². The first-order chi connectivity index (χ1) is 10.7. The van der Waals surface area contributed by atoms with Crippen molar-refractivity contribution in [3.8, 4) is 0 Å². The molecule has 0 aromatic heterocycles. The largest absolute Gasteiger partial charge is 0.480 e. The van der Waals surface area contributed by atoms with Gasteiger partial charge in [0.15, 0.2) is 0 Å². The fourth-order valence-electron chi connectivity index (χ4n) is 2.62. The minimum Gasteiger partial charge on any atom is -0.480 e. The van der Waals surface area contributed by atoms with Crippen molar-refractivity contribution in [2.24, 2.45) is 5.92 Å². The molecule has 1 aliphatic heterocycles. The molecule has 0 bridgehead atoms. The van der Waals surface area contributed by atoms with Gasteiger partial charge in [0.1, 0.15) is 6.54 Å². The van der Waals surface area contributed by atoms with Crippen molar-refractivity contribution < 1.29 is 27.9 Å². The molecule has 8 nitrogen and oxygen atoms in total. The van der Waals surface area contributed by atoms with Crippen LogP contribution in [0.4, 0.5) is 0 Å². The molecule has 1 amide bonds. The summed E-state index contributed by atoms with van der Waals surface area (Å²) in [6, 6.07) is 0. The average Bonchev–Trinajstić information content (AvgIpc) is 2.46. The summed E-state index contributed by atoms with van der Waals surface area (Å²) in [4.78, 5) is 24.9. The molecule has 0 radical (unpaired) electrons. The van der Waals surface area contributed by atoms with E-state index in [-0.39, 0.29) is 24.9 Å². The molecule has 1 N–H and O–H groups in total. The van der Waals surface area contributed by atoms with Crippen molar-refractivity contribution in [2.45, 2.75) is 32.8 Å². The number of hydrogen-bond acceptors (Lipinski definition) is 5. The molecule has 1 unspecified atom stereocenters. The predicted octanol–water partition coefficient (Wildman–Crippen LogP) is -0.00380. The molecule has 0 aromatic carbocycles. The fraction of sp³-hybridized carbons (Fsp3) is 0.857. The van der Waals surface area contributed by atoms with Crippen LogP contribution in [0.15, 0.2) is 0 Å². The van der Waals surface area contributed by atoms with Gasteiger partial charge in [-0.1, -0.05) is 13.8 Å². The number of carboxylic acids is 1. The van der Waals surface area contributed by atoms with E-state index in [1.807, 2.05) is 13.8 Å². The van der Waals surface area contributed by atoms with Gasteiger partial charge in [-0.2, -0.15) is 4.31 Å². The molecule has 1 fully saturated rings. The second-order valence-corrected chi connectivity index (χ2v) is 7.72. The van der Waals surface area contributed by atoms with E-state index in [1.165, 1.54) is 0 Å². The first kappa shape index (κ1) is 19.9. The Labute approximate surface area is 137 Å². The molecular weight excluding hydrogens is 324 g/mol. The van der Waals surface area contributed by atoms with E-state index in [2.05, 4.69) is 0 Å². The van der Waals surface area contributed by atoms with Crippen molar-refractivity contribution in [3.05, 3.63) is 0 Å². The van der Waals surface area contributed by atoms with Gasteiger partial charge in [-0.3, -0.25) is 9.59 Å². The molecule has 0 saturated carbocycles. The molecule has 0 spiro atoms. The molecule has 1 aliphatic rings. The number of carbonyl (C=O) groups excluding carboxylic acids is 1. The molecule has 1 rings (SSSR count). The summed E-state index contributed by atoms with van der Waals surface area (Å²) < 4.78 is 29.8. The van der Waals surface area contributed by atoms with E-state index in [4.69, 9.17) is 9.84 Å². The zero-order valence-corrected chi connectivity index (χ0v) is 14.7. The summed E-state index contributed by atoms with van der Waals surface area (Å²) in [5, 5.41) is 8.84. The monoisotopic (exact) mass is 350 g/mol.